The Bertz CT molecular complexity index is 602. The highest BCUT2D eigenvalue weighted by molar-refractivity contribution is 6.32. The van der Waals surface area contributed by atoms with Gasteiger partial charge in [-0.25, -0.2) is 4.98 Å². The van der Waals surface area contributed by atoms with Gasteiger partial charge in [0.25, 0.3) is 5.91 Å². The van der Waals surface area contributed by atoms with Crippen LogP contribution < -0.4 is 5.32 Å². The summed E-state index contributed by atoms with van der Waals surface area (Å²) in [4.78, 5) is 16.0. The second-order valence-electron chi connectivity index (χ2n) is 4.06. The number of rotatable bonds is 3. The first-order valence-electron chi connectivity index (χ1n) is 5.75. The van der Waals surface area contributed by atoms with E-state index in [0.29, 0.717) is 10.6 Å². The molecule has 0 aliphatic heterocycles. The average Bonchev–Trinajstić information content (AvgIpc) is 2.39. The molecule has 1 aromatic carbocycles. The van der Waals surface area contributed by atoms with E-state index in [1.807, 2.05) is 25.1 Å². The van der Waals surface area contributed by atoms with E-state index in [1.165, 1.54) is 6.20 Å². The fourth-order valence-electron chi connectivity index (χ4n) is 1.73. The monoisotopic (exact) mass is 294 g/mol. The van der Waals surface area contributed by atoms with Crippen LogP contribution in [0.25, 0.3) is 0 Å². The lowest BCUT2D eigenvalue weighted by molar-refractivity contribution is 0.0939. The van der Waals surface area contributed by atoms with Crippen molar-refractivity contribution in [3.05, 3.63) is 63.9 Å². The minimum absolute atomic E-state index is 0.186. The summed E-state index contributed by atoms with van der Waals surface area (Å²) in [6.45, 7) is 1.86. The third-order valence-corrected chi connectivity index (χ3v) is 3.37. The molecule has 0 spiro atoms. The number of aromatic nitrogens is 1. The van der Waals surface area contributed by atoms with Gasteiger partial charge in [0, 0.05) is 11.2 Å². The molecule has 98 valence electrons. The Morgan fingerprint density at radius 3 is 2.63 bits per heavy atom. The summed E-state index contributed by atoms with van der Waals surface area (Å²) < 4.78 is 0. The molecule has 0 fully saturated rings. The summed E-state index contributed by atoms with van der Waals surface area (Å²) in [7, 11) is 0. The predicted octanol–water partition coefficient (Wildman–Crippen LogP) is 3.88. The molecule has 1 amide bonds. The summed E-state index contributed by atoms with van der Waals surface area (Å²) in [5.41, 5.74) is 1.21. The van der Waals surface area contributed by atoms with Gasteiger partial charge in [-0.2, -0.15) is 0 Å². The van der Waals surface area contributed by atoms with Crippen molar-refractivity contribution in [1.82, 2.24) is 10.3 Å². The summed E-state index contributed by atoms with van der Waals surface area (Å²) in [6.07, 6.45) is 1.54. The summed E-state index contributed by atoms with van der Waals surface area (Å²) in [6, 6.07) is 10.5. The molecular weight excluding hydrogens is 283 g/mol. The third-order valence-electron chi connectivity index (χ3n) is 2.72. The maximum Gasteiger partial charge on any atom is 0.254 e. The van der Waals surface area contributed by atoms with Gasteiger partial charge in [-0.05, 0) is 30.7 Å². The van der Waals surface area contributed by atoms with Gasteiger partial charge in [-0.15, -0.1) is 0 Å². The number of hydrogen-bond donors (Lipinski definition) is 1. The van der Waals surface area contributed by atoms with Crippen molar-refractivity contribution in [2.24, 2.45) is 0 Å². The van der Waals surface area contributed by atoms with Crippen LogP contribution in [0.4, 0.5) is 0 Å². The number of halogens is 2. The van der Waals surface area contributed by atoms with Gasteiger partial charge in [-0.1, -0.05) is 41.4 Å². The summed E-state index contributed by atoms with van der Waals surface area (Å²) >= 11 is 12.0. The maximum atomic E-state index is 12.1. The number of nitrogens with one attached hydrogen (secondary N) is 1. The molecule has 0 saturated heterocycles. The van der Waals surface area contributed by atoms with Crippen LogP contribution in [-0.2, 0) is 0 Å². The summed E-state index contributed by atoms with van der Waals surface area (Å²) in [5, 5.41) is 3.65. The molecule has 0 bridgehead atoms. The topological polar surface area (TPSA) is 42.0 Å². The predicted molar refractivity (Wildman–Crippen MR) is 76.6 cm³/mol. The molecule has 2 rings (SSSR count). The molecule has 1 N–H and O–H groups in total. The lowest BCUT2D eigenvalue weighted by Gasteiger charge is -2.15. The first-order valence-corrected chi connectivity index (χ1v) is 6.51. The van der Waals surface area contributed by atoms with Gasteiger partial charge < -0.3 is 5.32 Å². The Hall–Kier alpha value is -1.58. The molecule has 1 heterocycles. The van der Waals surface area contributed by atoms with E-state index >= 15 is 0 Å². The van der Waals surface area contributed by atoms with Gasteiger partial charge in [0.1, 0.15) is 5.15 Å². The number of benzene rings is 1. The van der Waals surface area contributed by atoms with Crippen LogP contribution in [-0.4, -0.2) is 10.9 Å². The zero-order chi connectivity index (χ0) is 13.8. The van der Waals surface area contributed by atoms with Crippen molar-refractivity contribution in [3.8, 4) is 0 Å². The van der Waals surface area contributed by atoms with Crippen LogP contribution in [0.1, 0.15) is 28.9 Å². The van der Waals surface area contributed by atoms with Crippen molar-refractivity contribution < 1.29 is 4.79 Å². The fourth-order valence-corrected chi connectivity index (χ4v) is 2.24. The highest BCUT2D eigenvalue weighted by atomic mass is 35.5. The molecule has 0 unspecified atom stereocenters. The first-order chi connectivity index (χ1) is 9.09. The highest BCUT2D eigenvalue weighted by Crippen LogP contribution is 2.23. The largest absolute Gasteiger partial charge is 0.345 e. The first kappa shape index (κ1) is 13.8. The number of hydrogen-bond acceptors (Lipinski definition) is 2. The Morgan fingerprint density at radius 2 is 1.95 bits per heavy atom. The highest BCUT2D eigenvalue weighted by Gasteiger charge is 2.15. The van der Waals surface area contributed by atoms with Crippen LogP contribution in [0.3, 0.4) is 0 Å². The lowest BCUT2D eigenvalue weighted by atomic mass is 10.1. The van der Waals surface area contributed by atoms with Gasteiger partial charge >= 0.3 is 0 Å². The van der Waals surface area contributed by atoms with Crippen LogP contribution >= 0.6 is 23.2 Å². The SMILES string of the molecule is C[C@H](NC(=O)c1cccnc1Cl)c1ccccc1Cl. The van der Waals surface area contributed by atoms with Crippen molar-refractivity contribution in [1.29, 1.82) is 0 Å². The van der Waals surface area contributed by atoms with Gasteiger partial charge in [0.2, 0.25) is 0 Å². The molecule has 0 aliphatic carbocycles. The van der Waals surface area contributed by atoms with E-state index in [9.17, 15) is 4.79 Å². The van der Waals surface area contributed by atoms with Gasteiger partial charge in [0.15, 0.2) is 0 Å². The fraction of sp³-hybridized carbons (Fsp3) is 0.143. The Balaban J connectivity index is 2.16. The molecule has 1 aromatic heterocycles. The van der Waals surface area contributed by atoms with Gasteiger partial charge in [0.05, 0.1) is 11.6 Å². The quantitative estimate of drug-likeness (QED) is 0.873. The lowest BCUT2D eigenvalue weighted by Crippen LogP contribution is -2.27. The average molecular weight is 295 g/mol. The number of nitrogens with zero attached hydrogens (tertiary/aromatic N) is 1. The number of pyridine rings is 1. The molecule has 5 heteroatoms. The van der Waals surface area contributed by atoms with Crippen LogP contribution in [0.15, 0.2) is 42.6 Å². The molecule has 0 radical (unpaired) electrons. The van der Waals surface area contributed by atoms with E-state index in [-0.39, 0.29) is 17.1 Å². The summed E-state index contributed by atoms with van der Waals surface area (Å²) in [5.74, 6) is -0.273. The Labute approximate surface area is 121 Å². The van der Waals surface area contributed by atoms with Crippen LogP contribution in [0.5, 0.6) is 0 Å². The van der Waals surface area contributed by atoms with Crippen LogP contribution in [0, 0.1) is 0 Å². The molecule has 2 aromatic rings. The number of amides is 1. The van der Waals surface area contributed by atoms with Crippen molar-refractivity contribution >= 4 is 29.1 Å². The normalized spacial score (nSPS) is 11.9. The van der Waals surface area contributed by atoms with Crippen molar-refractivity contribution in [2.75, 3.05) is 0 Å². The molecular formula is C14H12Cl2N2O. The molecule has 3 nitrogen and oxygen atoms in total. The third kappa shape index (κ3) is 3.25. The Kier molecular flexibility index (Phi) is 4.40. The molecule has 0 saturated carbocycles. The van der Waals surface area contributed by atoms with Crippen molar-refractivity contribution in [2.45, 2.75) is 13.0 Å². The second-order valence-corrected chi connectivity index (χ2v) is 4.82. The second kappa shape index (κ2) is 6.04. The van der Waals surface area contributed by atoms with E-state index in [1.54, 1.807) is 18.2 Å². The van der Waals surface area contributed by atoms with E-state index in [0.717, 1.165) is 5.56 Å². The smallest absolute Gasteiger partial charge is 0.254 e. The van der Waals surface area contributed by atoms with E-state index in [4.69, 9.17) is 23.2 Å². The molecule has 0 aliphatic rings. The zero-order valence-corrected chi connectivity index (χ0v) is 11.7. The zero-order valence-electron chi connectivity index (χ0n) is 10.2. The minimum Gasteiger partial charge on any atom is -0.345 e. The Morgan fingerprint density at radius 1 is 1.21 bits per heavy atom. The number of carbonyl (C=O) groups is 1. The molecule has 19 heavy (non-hydrogen) atoms. The maximum absolute atomic E-state index is 12.1. The van der Waals surface area contributed by atoms with Gasteiger partial charge in [-0.3, -0.25) is 4.79 Å². The molecule has 1 atom stereocenters. The van der Waals surface area contributed by atoms with E-state index in [2.05, 4.69) is 10.3 Å². The van der Waals surface area contributed by atoms with E-state index < -0.39 is 0 Å². The van der Waals surface area contributed by atoms with Crippen LogP contribution in [0.2, 0.25) is 10.2 Å². The number of carbonyl (C=O) groups excluding carboxylic acids is 1. The van der Waals surface area contributed by atoms with Crippen molar-refractivity contribution in [3.63, 3.8) is 0 Å². The minimum atomic E-state index is -0.273. The standard InChI is InChI=1S/C14H12Cl2N2O/c1-9(10-5-2-3-7-12(10)15)18-14(19)11-6-4-8-17-13(11)16/h2-9H,1H3,(H,18,19)/t9-/m0/s1.